The molecule has 1 atom stereocenters. The number of nitrogens with zero attached hydrogens (tertiary/aromatic N) is 1. The Labute approximate surface area is 121 Å². The van der Waals surface area contributed by atoms with Gasteiger partial charge in [-0.15, -0.1) is 0 Å². The number of anilines is 1. The van der Waals surface area contributed by atoms with E-state index < -0.39 is 0 Å². The van der Waals surface area contributed by atoms with Crippen LogP contribution in [0.25, 0.3) is 0 Å². The fraction of sp³-hybridized carbons (Fsp3) is 0.500. The summed E-state index contributed by atoms with van der Waals surface area (Å²) < 4.78 is 0. The van der Waals surface area contributed by atoms with Gasteiger partial charge in [0.2, 0.25) is 5.91 Å². The lowest BCUT2D eigenvalue weighted by Gasteiger charge is -2.33. The number of aryl methyl sites for hydroxylation is 2. The third-order valence-electron chi connectivity index (χ3n) is 4.70. The van der Waals surface area contributed by atoms with Crippen LogP contribution < -0.4 is 4.90 Å². The maximum absolute atomic E-state index is 12.4. The van der Waals surface area contributed by atoms with Crippen LogP contribution in [0.5, 0.6) is 0 Å². The van der Waals surface area contributed by atoms with Gasteiger partial charge in [0, 0.05) is 18.2 Å². The first-order valence-corrected chi connectivity index (χ1v) is 7.66. The van der Waals surface area contributed by atoms with E-state index in [0.29, 0.717) is 5.91 Å². The molecule has 2 nitrogen and oxygen atoms in total. The van der Waals surface area contributed by atoms with Crippen molar-refractivity contribution in [1.82, 2.24) is 0 Å². The average Bonchev–Trinajstić information content (AvgIpc) is 2.41. The predicted molar refractivity (Wildman–Crippen MR) is 83.1 cm³/mol. The lowest BCUT2D eigenvalue weighted by molar-refractivity contribution is -0.123. The van der Waals surface area contributed by atoms with Crippen LogP contribution in [0.3, 0.4) is 0 Å². The highest BCUT2D eigenvalue weighted by Gasteiger charge is 2.28. The van der Waals surface area contributed by atoms with Gasteiger partial charge in [-0.2, -0.15) is 0 Å². The number of carbonyl (C=O) groups excluding carboxylic acids is 1. The molecule has 1 aromatic carbocycles. The maximum Gasteiger partial charge on any atom is 0.229 e. The standard InChI is InChI=1S/C18H23NO/c1-12-6-7-15-11-17(14(3)10-16(15)9-12)19-8-4-5-13(2)18(19)20/h10-11,13H,1,4-9H2,2-3H3. The van der Waals surface area contributed by atoms with Crippen LogP contribution in [0.2, 0.25) is 0 Å². The quantitative estimate of drug-likeness (QED) is 0.710. The molecule has 20 heavy (non-hydrogen) atoms. The Bertz CT molecular complexity index is 573. The van der Waals surface area contributed by atoms with E-state index in [1.54, 1.807) is 0 Å². The molecule has 1 unspecified atom stereocenters. The number of hydrogen-bond donors (Lipinski definition) is 0. The Morgan fingerprint density at radius 2 is 2.05 bits per heavy atom. The molecule has 0 saturated carbocycles. The Kier molecular flexibility index (Phi) is 3.41. The number of amides is 1. The molecule has 1 aliphatic carbocycles. The zero-order chi connectivity index (χ0) is 14.3. The van der Waals surface area contributed by atoms with Crippen molar-refractivity contribution >= 4 is 11.6 Å². The molecule has 1 aromatic rings. The third kappa shape index (κ3) is 2.28. The van der Waals surface area contributed by atoms with Crippen LogP contribution in [-0.4, -0.2) is 12.5 Å². The number of allylic oxidation sites excluding steroid dienone is 1. The molecular weight excluding hydrogens is 246 g/mol. The van der Waals surface area contributed by atoms with Crippen molar-refractivity contribution in [3.8, 4) is 0 Å². The summed E-state index contributed by atoms with van der Waals surface area (Å²) in [4.78, 5) is 14.4. The van der Waals surface area contributed by atoms with E-state index in [9.17, 15) is 4.79 Å². The van der Waals surface area contributed by atoms with Crippen molar-refractivity contribution in [1.29, 1.82) is 0 Å². The van der Waals surface area contributed by atoms with E-state index in [2.05, 4.69) is 25.6 Å². The number of hydrogen-bond acceptors (Lipinski definition) is 1. The molecule has 0 aromatic heterocycles. The van der Waals surface area contributed by atoms with Gasteiger partial charge in [0.05, 0.1) is 0 Å². The molecule has 0 N–H and O–H groups in total. The van der Waals surface area contributed by atoms with Gasteiger partial charge in [-0.1, -0.05) is 25.1 Å². The number of piperidine rings is 1. The summed E-state index contributed by atoms with van der Waals surface area (Å²) in [5, 5.41) is 0. The van der Waals surface area contributed by atoms with Crippen molar-refractivity contribution in [2.45, 2.75) is 46.0 Å². The Hall–Kier alpha value is -1.57. The van der Waals surface area contributed by atoms with Crippen LogP contribution in [0.1, 0.15) is 42.9 Å². The highest BCUT2D eigenvalue weighted by molar-refractivity contribution is 5.96. The van der Waals surface area contributed by atoms with E-state index >= 15 is 0 Å². The minimum absolute atomic E-state index is 0.166. The summed E-state index contributed by atoms with van der Waals surface area (Å²) in [6, 6.07) is 4.52. The van der Waals surface area contributed by atoms with Crippen LogP contribution in [0.15, 0.2) is 24.3 Å². The second-order valence-electron chi connectivity index (χ2n) is 6.37. The average molecular weight is 269 g/mol. The van der Waals surface area contributed by atoms with E-state index in [0.717, 1.165) is 44.3 Å². The number of benzene rings is 1. The summed E-state index contributed by atoms with van der Waals surface area (Å²) in [5.41, 5.74) is 6.49. The SMILES string of the molecule is C=C1CCc2cc(N3CCCC(C)C3=O)c(C)cc2C1. The summed E-state index contributed by atoms with van der Waals surface area (Å²) >= 11 is 0. The van der Waals surface area contributed by atoms with Gasteiger partial charge < -0.3 is 4.90 Å². The molecule has 0 radical (unpaired) electrons. The van der Waals surface area contributed by atoms with Crippen molar-refractivity contribution in [3.63, 3.8) is 0 Å². The number of fused-ring (bicyclic) bond motifs is 1. The predicted octanol–water partition coefficient (Wildman–Crippen LogP) is 3.80. The Morgan fingerprint density at radius 3 is 2.85 bits per heavy atom. The van der Waals surface area contributed by atoms with Crippen molar-refractivity contribution in [2.24, 2.45) is 5.92 Å². The zero-order valence-electron chi connectivity index (χ0n) is 12.5. The molecule has 1 aliphatic heterocycles. The van der Waals surface area contributed by atoms with E-state index in [1.165, 1.54) is 22.3 Å². The largest absolute Gasteiger partial charge is 0.312 e. The summed E-state index contributed by atoms with van der Waals surface area (Å²) in [6.07, 6.45) is 5.29. The minimum Gasteiger partial charge on any atom is -0.312 e. The van der Waals surface area contributed by atoms with Gasteiger partial charge in [0.15, 0.2) is 0 Å². The van der Waals surface area contributed by atoms with Gasteiger partial charge in [-0.3, -0.25) is 4.79 Å². The number of carbonyl (C=O) groups is 1. The van der Waals surface area contributed by atoms with E-state index in [-0.39, 0.29) is 5.92 Å². The molecule has 2 heteroatoms. The van der Waals surface area contributed by atoms with Crippen molar-refractivity contribution < 1.29 is 4.79 Å². The molecule has 1 fully saturated rings. The van der Waals surface area contributed by atoms with Crippen LogP contribution in [0, 0.1) is 12.8 Å². The fourth-order valence-corrected chi connectivity index (χ4v) is 3.45. The summed E-state index contributed by atoms with van der Waals surface area (Å²) in [5.74, 6) is 0.457. The van der Waals surface area contributed by atoms with Crippen molar-refractivity contribution in [3.05, 3.63) is 41.0 Å². The fourth-order valence-electron chi connectivity index (χ4n) is 3.45. The van der Waals surface area contributed by atoms with E-state index in [1.807, 2.05) is 11.8 Å². The van der Waals surface area contributed by atoms with Gasteiger partial charge in [-0.25, -0.2) is 0 Å². The molecule has 1 amide bonds. The van der Waals surface area contributed by atoms with Gasteiger partial charge in [0.1, 0.15) is 0 Å². The van der Waals surface area contributed by atoms with Crippen LogP contribution in [0.4, 0.5) is 5.69 Å². The number of rotatable bonds is 1. The molecule has 2 aliphatic rings. The molecule has 0 bridgehead atoms. The first-order valence-electron chi connectivity index (χ1n) is 7.66. The Balaban J connectivity index is 1.98. The van der Waals surface area contributed by atoms with Crippen molar-refractivity contribution in [2.75, 3.05) is 11.4 Å². The highest BCUT2D eigenvalue weighted by Crippen LogP contribution is 2.33. The summed E-state index contributed by atoms with van der Waals surface area (Å²) in [6.45, 7) is 9.16. The molecular formula is C18H23NO. The lowest BCUT2D eigenvalue weighted by Crippen LogP contribution is -2.40. The first-order chi connectivity index (χ1) is 9.56. The maximum atomic E-state index is 12.4. The lowest BCUT2D eigenvalue weighted by atomic mass is 9.86. The molecule has 1 heterocycles. The monoisotopic (exact) mass is 269 g/mol. The smallest absolute Gasteiger partial charge is 0.229 e. The van der Waals surface area contributed by atoms with Gasteiger partial charge in [-0.05, 0) is 61.8 Å². The summed E-state index contributed by atoms with van der Waals surface area (Å²) in [7, 11) is 0. The molecule has 106 valence electrons. The topological polar surface area (TPSA) is 20.3 Å². The van der Waals surface area contributed by atoms with Crippen LogP contribution in [-0.2, 0) is 17.6 Å². The minimum atomic E-state index is 0.166. The van der Waals surface area contributed by atoms with Gasteiger partial charge >= 0.3 is 0 Å². The zero-order valence-corrected chi connectivity index (χ0v) is 12.5. The van der Waals surface area contributed by atoms with E-state index in [4.69, 9.17) is 0 Å². The molecule has 0 spiro atoms. The highest BCUT2D eigenvalue weighted by atomic mass is 16.2. The van der Waals surface area contributed by atoms with Crippen LogP contribution >= 0.6 is 0 Å². The second-order valence-corrected chi connectivity index (χ2v) is 6.37. The third-order valence-corrected chi connectivity index (χ3v) is 4.70. The Morgan fingerprint density at radius 1 is 1.25 bits per heavy atom. The first kappa shape index (κ1) is 13.4. The normalized spacial score (nSPS) is 22.9. The molecule has 3 rings (SSSR count). The van der Waals surface area contributed by atoms with Gasteiger partial charge in [0.25, 0.3) is 0 Å². The molecule has 1 saturated heterocycles. The second kappa shape index (κ2) is 5.08.